The molecule has 14 heteroatoms. The highest BCUT2D eigenvalue weighted by atomic mass is 16.6. The van der Waals surface area contributed by atoms with Gasteiger partial charge >= 0.3 is 30.0 Å². The van der Waals surface area contributed by atoms with E-state index >= 15 is 0 Å². The molecule has 0 radical (unpaired) electrons. The number of benzene rings is 2. The Morgan fingerprint density at radius 3 is 1.85 bits per heavy atom. The van der Waals surface area contributed by atoms with Crippen molar-refractivity contribution in [3.05, 3.63) is 47.5 Å². The zero-order valence-corrected chi connectivity index (χ0v) is 21.6. The van der Waals surface area contributed by atoms with E-state index in [2.05, 4.69) is 5.32 Å². The van der Waals surface area contributed by atoms with E-state index < -0.39 is 64.9 Å². The van der Waals surface area contributed by atoms with Gasteiger partial charge < -0.3 is 30.4 Å². The third-order valence-electron chi connectivity index (χ3n) is 5.70. The Hall–Kier alpha value is -4.98. The van der Waals surface area contributed by atoms with Crippen LogP contribution >= 0.6 is 0 Å². The molecule has 1 aliphatic heterocycles. The van der Waals surface area contributed by atoms with Crippen molar-refractivity contribution < 1.29 is 48.1 Å². The summed E-state index contributed by atoms with van der Waals surface area (Å²) in [5.74, 6) is -5.19. The van der Waals surface area contributed by atoms with Gasteiger partial charge in [0.15, 0.2) is 17.0 Å². The summed E-state index contributed by atoms with van der Waals surface area (Å²) in [6, 6.07) is 7.68. The van der Waals surface area contributed by atoms with E-state index in [1.165, 1.54) is 0 Å². The number of imide groups is 1. The summed E-state index contributed by atoms with van der Waals surface area (Å²) in [5.41, 5.74) is 4.88. The maximum Gasteiger partial charge on any atom is 0.405 e. The van der Waals surface area contributed by atoms with Gasteiger partial charge in [-0.3, -0.25) is 29.0 Å². The fourth-order valence-corrected chi connectivity index (χ4v) is 4.10. The summed E-state index contributed by atoms with van der Waals surface area (Å²) < 4.78 is 15.4. The fourth-order valence-electron chi connectivity index (χ4n) is 4.10. The Morgan fingerprint density at radius 2 is 1.41 bits per heavy atom. The normalized spacial score (nSPS) is 18.9. The van der Waals surface area contributed by atoms with E-state index in [1.54, 1.807) is 24.3 Å². The van der Waals surface area contributed by atoms with Crippen LogP contribution in [0.2, 0.25) is 0 Å². The van der Waals surface area contributed by atoms with Gasteiger partial charge in [-0.25, -0.2) is 9.59 Å². The Morgan fingerprint density at radius 1 is 0.923 bits per heavy atom. The largest absolute Gasteiger partial charge is 0.465 e. The average molecular weight is 543 g/mol. The maximum absolute atomic E-state index is 13.7. The summed E-state index contributed by atoms with van der Waals surface area (Å²) in [4.78, 5) is 76.2. The molecule has 2 atom stereocenters. The van der Waals surface area contributed by atoms with Crippen LogP contribution in [-0.4, -0.2) is 59.2 Å². The summed E-state index contributed by atoms with van der Waals surface area (Å²) in [7, 11) is 1.13. The van der Waals surface area contributed by atoms with Gasteiger partial charge in [0.25, 0.3) is 5.91 Å². The van der Waals surface area contributed by atoms with Crippen LogP contribution in [-0.2, 0) is 24.7 Å². The predicted molar refractivity (Wildman–Crippen MR) is 133 cm³/mol. The number of anilines is 1. The molecular weight excluding hydrogens is 516 g/mol. The zero-order chi connectivity index (χ0) is 29.2. The molecule has 1 fully saturated rings. The number of hydrogen-bond donors (Lipinski definition) is 3. The minimum Gasteiger partial charge on any atom is -0.465 e. The van der Waals surface area contributed by atoms with Crippen molar-refractivity contribution >= 4 is 41.6 Å². The summed E-state index contributed by atoms with van der Waals surface area (Å²) >= 11 is 0. The van der Waals surface area contributed by atoms with Crippen LogP contribution in [0.25, 0.3) is 0 Å². The number of hydrogen-bond acceptors (Lipinski definition) is 10. The number of urea groups is 1. The lowest BCUT2D eigenvalue weighted by Crippen LogP contribution is -2.76. The molecule has 0 aromatic heterocycles. The van der Waals surface area contributed by atoms with Crippen molar-refractivity contribution in [1.82, 2.24) is 10.2 Å². The molecule has 1 saturated heterocycles. The topological polar surface area (TPSA) is 195 Å². The number of likely N-dealkylation sites (N-methyl/N-ethyl adjacent to an activating group) is 1. The van der Waals surface area contributed by atoms with Crippen LogP contribution < -0.4 is 30.2 Å². The first-order chi connectivity index (χ1) is 18.2. The first kappa shape index (κ1) is 28.6. The number of carbonyl (C=O) groups is 6. The third-order valence-corrected chi connectivity index (χ3v) is 5.70. The van der Waals surface area contributed by atoms with E-state index in [1.807, 2.05) is 6.92 Å². The van der Waals surface area contributed by atoms with Gasteiger partial charge in [0.05, 0.1) is 0 Å². The quantitative estimate of drug-likeness (QED) is 0.354. The van der Waals surface area contributed by atoms with Crippen molar-refractivity contribution in [3.8, 4) is 17.2 Å². The van der Waals surface area contributed by atoms with Crippen LogP contribution in [0.3, 0.4) is 0 Å². The van der Waals surface area contributed by atoms with E-state index in [4.69, 9.17) is 19.9 Å². The Bertz CT molecular complexity index is 1340. The number of esters is 3. The van der Waals surface area contributed by atoms with Crippen molar-refractivity contribution in [2.45, 2.75) is 39.4 Å². The number of carbonyl (C=O) groups excluding carboxylic acids is 5. The molecule has 0 aliphatic carbocycles. The molecule has 2 aromatic carbocycles. The minimum atomic E-state index is -2.43. The van der Waals surface area contributed by atoms with Crippen molar-refractivity contribution in [2.24, 2.45) is 5.73 Å². The lowest BCUT2D eigenvalue weighted by Gasteiger charge is -2.49. The second-order valence-electron chi connectivity index (χ2n) is 8.62. The Balaban J connectivity index is 2.39. The molecule has 1 aliphatic rings. The first-order valence-corrected chi connectivity index (χ1v) is 11.4. The number of aryl methyl sites for hydroxylation is 1. The fraction of sp³-hybridized carbons (Fsp3) is 0.280. The molecule has 0 bridgehead atoms. The molecule has 2 aromatic rings. The minimum absolute atomic E-state index is 0.242. The van der Waals surface area contributed by atoms with Crippen LogP contribution in [0.5, 0.6) is 17.2 Å². The molecule has 4 amide bonds. The lowest BCUT2D eigenvalue weighted by atomic mass is 9.82. The predicted octanol–water partition coefficient (Wildman–Crippen LogP) is 1.62. The second-order valence-corrected chi connectivity index (χ2v) is 8.62. The van der Waals surface area contributed by atoms with Gasteiger partial charge in [-0.1, -0.05) is 17.7 Å². The smallest absolute Gasteiger partial charge is 0.405 e. The number of amides is 4. The van der Waals surface area contributed by atoms with Crippen LogP contribution in [0.1, 0.15) is 31.9 Å². The van der Waals surface area contributed by atoms with Gasteiger partial charge in [0.2, 0.25) is 5.75 Å². The summed E-state index contributed by atoms with van der Waals surface area (Å²) in [6.45, 7) is 4.91. The highest BCUT2D eigenvalue weighted by Gasteiger charge is 2.58. The molecule has 4 N–H and O–H groups in total. The Kier molecular flexibility index (Phi) is 7.91. The van der Waals surface area contributed by atoms with E-state index in [-0.39, 0.29) is 11.3 Å². The number of ether oxygens (including phenoxy) is 3. The van der Waals surface area contributed by atoms with E-state index in [9.17, 15) is 33.9 Å². The molecule has 0 spiro atoms. The lowest BCUT2D eigenvalue weighted by molar-refractivity contribution is -0.137. The van der Waals surface area contributed by atoms with Crippen LogP contribution in [0.4, 0.5) is 15.3 Å². The summed E-state index contributed by atoms with van der Waals surface area (Å²) in [5, 5.41) is 11.9. The molecule has 3 rings (SSSR count). The molecule has 39 heavy (non-hydrogen) atoms. The Labute approximate surface area is 222 Å². The number of rotatable bonds is 6. The zero-order valence-electron chi connectivity index (χ0n) is 21.6. The SMILES string of the molecule is CC(=O)Oc1cc(C2(NC(=O)O)C(=O)N(C)C(=O)N(c3ccc(C)cc3)C2N)cc(OC(C)=O)c1OC(C)=O. The number of nitrogens with zero attached hydrogens (tertiary/aromatic N) is 2. The van der Waals surface area contributed by atoms with E-state index in [0.717, 1.165) is 50.4 Å². The monoisotopic (exact) mass is 542 g/mol. The van der Waals surface area contributed by atoms with Crippen LogP contribution in [0.15, 0.2) is 36.4 Å². The highest BCUT2D eigenvalue weighted by molar-refractivity contribution is 6.11. The van der Waals surface area contributed by atoms with E-state index in [0.29, 0.717) is 4.90 Å². The van der Waals surface area contributed by atoms with Crippen LogP contribution in [0, 0.1) is 6.92 Å². The second kappa shape index (κ2) is 10.8. The van der Waals surface area contributed by atoms with Gasteiger partial charge in [-0.05, 0) is 36.8 Å². The van der Waals surface area contributed by atoms with Crippen molar-refractivity contribution in [1.29, 1.82) is 0 Å². The average Bonchev–Trinajstić information content (AvgIpc) is 2.82. The molecule has 0 saturated carbocycles. The van der Waals surface area contributed by atoms with Gasteiger partial charge in [0, 0.05) is 33.5 Å². The number of nitrogens with one attached hydrogen (secondary N) is 1. The van der Waals surface area contributed by atoms with Gasteiger partial charge in [0.1, 0.15) is 6.17 Å². The van der Waals surface area contributed by atoms with Crippen molar-refractivity contribution in [2.75, 3.05) is 11.9 Å². The molecule has 1 heterocycles. The molecule has 2 unspecified atom stereocenters. The van der Waals surface area contributed by atoms with Crippen molar-refractivity contribution in [3.63, 3.8) is 0 Å². The standard InChI is InChI=1S/C25H26N4O10/c1-12-6-8-17(9-7-12)29-21(26)25(27-23(34)35,22(33)28(5)24(29)36)16-10-18(37-13(2)30)20(39-15(4)32)19(11-16)38-14(3)31/h6-11,21,27H,26H2,1-5H3,(H,34,35). The third kappa shape index (κ3) is 5.50. The van der Waals surface area contributed by atoms with Gasteiger partial charge in [-0.2, -0.15) is 0 Å². The number of nitrogens with two attached hydrogens (primary N) is 1. The summed E-state index contributed by atoms with van der Waals surface area (Å²) in [6.07, 6.45) is -3.40. The number of carboxylic acid groups (broad SMARTS) is 1. The molecule has 14 nitrogen and oxygen atoms in total. The molecular formula is C25H26N4O10. The molecule has 206 valence electrons. The van der Waals surface area contributed by atoms with Gasteiger partial charge in [-0.15, -0.1) is 0 Å². The first-order valence-electron chi connectivity index (χ1n) is 11.4. The maximum atomic E-state index is 13.7. The highest BCUT2D eigenvalue weighted by Crippen LogP contribution is 2.45.